The zero-order valence-electron chi connectivity index (χ0n) is 15.9. The number of likely N-dealkylation sites (tertiary alicyclic amines) is 1. The van der Waals surface area contributed by atoms with Gasteiger partial charge in [-0.2, -0.15) is 13.5 Å². The smallest absolute Gasteiger partial charge is 0.213 e. The third-order valence-electron chi connectivity index (χ3n) is 4.98. The molecule has 2 aromatic rings. The van der Waals surface area contributed by atoms with E-state index < -0.39 is 0 Å². The molecule has 0 radical (unpaired) electrons. The number of aromatic nitrogens is 2. The fourth-order valence-electron chi connectivity index (χ4n) is 3.77. The summed E-state index contributed by atoms with van der Waals surface area (Å²) in [5, 5.41) is 0. The standard InChI is InChI=1S/C20H26FN3O.H2S/c1-13-9-17(10-14(2)22-13)11-16-7-8-24(12-16)15(3)20-18(21)5-6-19(23-20)25-4;/h5-6,9-10,15-16H,7-8,11-12H2,1-4H3;1H2/t15?,16-;/m1./s1. The van der Waals surface area contributed by atoms with Crippen LogP contribution < -0.4 is 4.74 Å². The van der Waals surface area contributed by atoms with Gasteiger partial charge in [-0.3, -0.25) is 9.88 Å². The first kappa shape index (κ1) is 20.6. The molecule has 0 N–H and O–H groups in total. The molecule has 142 valence electrons. The van der Waals surface area contributed by atoms with E-state index in [2.05, 4.69) is 27.0 Å². The summed E-state index contributed by atoms with van der Waals surface area (Å²) in [6, 6.07) is 7.28. The molecule has 2 aromatic heterocycles. The van der Waals surface area contributed by atoms with Crippen LogP contribution in [-0.4, -0.2) is 35.1 Å². The van der Waals surface area contributed by atoms with Gasteiger partial charge in [-0.15, -0.1) is 0 Å². The molecule has 1 unspecified atom stereocenters. The van der Waals surface area contributed by atoms with Crippen molar-refractivity contribution < 1.29 is 9.13 Å². The van der Waals surface area contributed by atoms with Crippen molar-refractivity contribution in [3.8, 4) is 5.88 Å². The van der Waals surface area contributed by atoms with Crippen molar-refractivity contribution in [2.75, 3.05) is 20.2 Å². The van der Waals surface area contributed by atoms with E-state index in [0.717, 1.165) is 37.3 Å². The number of aryl methyl sites for hydroxylation is 2. The van der Waals surface area contributed by atoms with Crippen LogP contribution in [0.2, 0.25) is 0 Å². The summed E-state index contributed by atoms with van der Waals surface area (Å²) in [6.07, 6.45) is 2.16. The topological polar surface area (TPSA) is 38.2 Å². The van der Waals surface area contributed by atoms with Gasteiger partial charge in [0.25, 0.3) is 0 Å². The Hall–Kier alpha value is -1.66. The van der Waals surface area contributed by atoms with Gasteiger partial charge in [0, 0.05) is 24.0 Å². The van der Waals surface area contributed by atoms with E-state index in [9.17, 15) is 4.39 Å². The number of pyridine rings is 2. The number of nitrogens with zero attached hydrogens (tertiary/aromatic N) is 3. The number of hydrogen-bond acceptors (Lipinski definition) is 4. The van der Waals surface area contributed by atoms with Gasteiger partial charge in [-0.1, -0.05) is 0 Å². The minimum Gasteiger partial charge on any atom is -0.481 e. The molecule has 1 aliphatic heterocycles. The maximum absolute atomic E-state index is 14.2. The van der Waals surface area contributed by atoms with Gasteiger partial charge >= 0.3 is 0 Å². The van der Waals surface area contributed by atoms with Crippen molar-refractivity contribution in [3.05, 3.63) is 52.7 Å². The third kappa shape index (κ3) is 4.74. The van der Waals surface area contributed by atoms with Gasteiger partial charge in [0.05, 0.1) is 18.8 Å². The van der Waals surface area contributed by atoms with Gasteiger partial charge in [-0.25, -0.2) is 9.37 Å². The number of rotatable bonds is 5. The monoisotopic (exact) mass is 377 g/mol. The molecule has 3 heterocycles. The van der Waals surface area contributed by atoms with Crippen molar-refractivity contribution in [1.82, 2.24) is 14.9 Å². The minimum absolute atomic E-state index is 0. The van der Waals surface area contributed by atoms with E-state index in [1.54, 1.807) is 13.2 Å². The second-order valence-corrected chi connectivity index (χ2v) is 7.01. The molecule has 0 amide bonds. The van der Waals surface area contributed by atoms with E-state index in [4.69, 9.17) is 4.74 Å². The zero-order chi connectivity index (χ0) is 18.0. The molecule has 0 spiro atoms. The normalized spacial score (nSPS) is 18.4. The highest BCUT2D eigenvalue weighted by molar-refractivity contribution is 7.59. The molecule has 3 rings (SSSR count). The maximum Gasteiger partial charge on any atom is 0.213 e. The van der Waals surface area contributed by atoms with Crippen LogP contribution in [0.4, 0.5) is 4.39 Å². The molecule has 0 bridgehead atoms. The second kappa shape index (κ2) is 8.82. The maximum atomic E-state index is 14.2. The van der Waals surface area contributed by atoms with Crippen LogP contribution in [0.3, 0.4) is 0 Å². The van der Waals surface area contributed by atoms with Crippen molar-refractivity contribution in [2.45, 2.75) is 39.7 Å². The van der Waals surface area contributed by atoms with E-state index in [1.165, 1.54) is 11.6 Å². The molecule has 1 fully saturated rings. The summed E-state index contributed by atoms with van der Waals surface area (Å²) in [7, 11) is 1.55. The highest BCUT2D eigenvalue weighted by Crippen LogP contribution is 2.30. The van der Waals surface area contributed by atoms with Crippen molar-refractivity contribution in [2.24, 2.45) is 5.92 Å². The molecule has 4 nitrogen and oxygen atoms in total. The van der Waals surface area contributed by atoms with Crippen LogP contribution in [0.15, 0.2) is 24.3 Å². The highest BCUT2D eigenvalue weighted by Gasteiger charge is 2.29. The fraction of sp³-hybridized carbons (Fsp3) is 0.500. The van der Waals surface area contributed by atoms with Gasteiger partial charge in [0.15, 0.2) is 0 Å². The Labute approximate surface area is 162 Å². The SMILES string of the molecule is COc1ccc(F)c(C(C)N2CC[C@H](Cc3cc(C)nc(C)c3)C2)n1.S. The summed E-state index contributed by atoms with van der Waals surface area (Å²) in [4.78, 5) is 11.1. The van der Waals surface area contributed by atoms with Gasteiger partial charge in [-0.05, 0) is 69.8 Å². The average Bonchev–Trinajstić information content (AvgIpc) is 3.02. The van der Waals surface area contributed by atoms with Crippen LogP contribution in [-0.2, 0) is 6.42 Å². The molecule has 6 heteroatoms. The molecular formula is C20H28FN3OS. The Balaban J connectivity index is 0.00000243. The quantitative estimate of drug-likeness (QED) is 0.790. The second-order valence-electron chi connectivity index (χ2n) is 7.01. The van der Waals surface area contributed by atoms with E-state index >= 15 is 0 Å². The average molecular weight is 378 g/mol. The lowest BCUT2D eigenvalue weighted by molar-refractivity contribution is 0.240. The summed E-state index contributed by atoms with van der Waals surface area (Å²) < 4.78 is 19.3. The Morgan fingerprint density at radius 2 is 1.92 bits per heavy atom. The van der Waals surface area contributed by atoms with Crippen LogP contribution in [0.5, 0.6) is 5.88 Å². The lowest BCUT2D eigenvalue weighted by atomic mass is 9.98. The van der Waals surface area contributed by atoms with Crippen molar-refractivity contribution >= 4 is 13.5 Å². The van der Waals surface area contributed by atoms with Crippen molar-refractivity contribution in [3.63, 3.8) is 0 Å². The molecule has 26 heavy (non-hydrogen) atoms. The first-order valence-corrected chi connectivity index (χ1v) is 8.85. The van der Waals surface area contributed by atoms with Crippen LogP contribution in [0, 0.1) is 25.6 Å². The van der Waals surface area contributed by atoms with Crippen molar-refractivity contribution in [1.29, 1.82) is 0 Å². The first-order valence-electron chi connectivity index (χ1n) is 8.85. The van der Waals surface area contributed by atoms with Gasteiger partial charge < -0.3 is 4.74 Å². The fourth-order valence-corrected chi connectivity index (χ4v) is 3.77. The molecule has 0 aromatic carbocycles. The zero-order valence-corrected chi connectivity index (χ0v) is 16.9. The van der Waals surface area contributed by atoms with Crippen LogP contribution in [0.25, 0.3) is 0 Å². The summed E-state index contributed by atoms with van der Waals surface area (Å²) >= 11 is 0. The van der Waals surface area contributed by atoms with Crippen LogP contribution in [0.1, 0.15) is 42.0 Å². The first-order chi connectivity index (χ1) is 12.0. The number of ether oxygens (including phenoxy) is 1. The molecule has 0 saturated carbocycles. The predicted octanol–water partition coefficient (Wildman–Crippen LogP) is 3.98. The Morgan fingerprint density at radius 1 is 1.23 bits per heavy atom. The van der Waals surface area contributed by atoms with Gasteiger partial charge in [0.2, 0.25) is 5.88 Å². The predicted molar refractivity (Wildman–Crippen MR) is 107 cm³/mol. The highest BCUT2D eigenvalue weighted by atomic mass is 32.1. The Bertz CT molecular complexity index is 736. The number of methoxy groups -OCH3 is 1. The molecular weight excluding hydrogens is 349 g/mol. The minimum atomic E-state index is -0.267. The Kier molecular flexibility index (Phi) is 7.01. The molecule has 2 atom stereocenters. The van der Waals surface area contributed by atoms with Crippen LogP contribution >= 0.6 is 13.5 Å². The third-order valence-corrected chi connectivity index (χ3v) is 4.98. The molecule has 1 aliphatic rings. The van der Waals surface area contributed by atoms with E-state index in [-0.39, 0.29) is 25.4 Å². The number of hydrogen-bond donors (Lipinski definition) is 0. The summed E-state index contributed by atoms with van der Waals surface area (Å²) in [6.45, 7) is 8.02. The lowest BCUT2D eigenvalue weighted by Gasteiger charge is -2.24. The summed E-state index contributed by atoms with van der Waals surface area (Å²) in [5.74, 6) is 0.774. The van der Waals surface area contributed by atoms with E-state index in [0.29, 0.717) is 17.5 Å². The molecule has 1 saturated heterocycles. The summed E-state index contributed by atoms with van der Waals surface area (Å²) in [5.41, 5.74) is 3.95. The lowest BCUT2D eigenvalue weighted by Crippen LogP contribution is -2.26. The number of halogens is 1. The van der Waals surface area contributed by atoms with Gasteiger partial charge in [0.1, 0.15) is 5.82 Å². The molecule has 0 aliphatic carbocycles. The van der Waals surface area contributed by atoms with E-state index in [1.807, 2.05) is 20.8 Å². The largest absolute Gasteiger partial charge is 0.481 e. The Morgan fingerprint density at radius 3 is 2.58 bits per heavy atom.